The Hall–Kier alpha value is -4.12. The van der Waals surface area contributed by atoms with E-state index in [0.29, 0.717) is 31.6 Å². The highest BCUT2D eigenvalue weighted by Crippen LogP contribution is 2.35. The first kappa shape index (κ1) is 28.9. The topological polar surface area (TPSA) is 107 Å². The first-order chi connectivity index (χ1) is 19.0. The number of benzene rings is 2. The van der Waals surface area contributed by atoms with Crippen LogP contribution in [0.15, 0.2) is 54.7 Å². The number of aromatic nitrogens is 1. The number of ether oxygens (including phenoxy) is 2. The maximum Gasteiger partial charge on any atom is 0.416 e. The molecule has 0 aliphatic heterocycles. The van der Waals surface area contributed by atoms with Crippen LogP contribution in [0.3, 0.4) is 0 Å². The van der Waals surface area contributed by atoms with Gasteiger partial charge < -0.3 is 25.4 Å². The fourth-order valence-electron chi connectivity index (χ4n) is 4.42. The summed E-state index contributed by atoms with van der Waals surface area (Å²) in [6, 6.07) is 12.2. The molecule has 1 atom stereocenters. The maximum atomic E-state index is 13.5. The molecule has 0 bridgehead atoms. The number of nitrogens with one attached hydrogen (secondary N) is 1. The number of carbonyl (C=O) groups is 2. The molecule has 3 aromatic rings. The summed E-state index contributed by atoms with van der Waals surface area (Å²) in [5, 5.41) is 2.67. The Morgan fingerprint density at radius 2 is 1.85 bits per heavy atom. The molecule has 4 rings (SSSR count). The summed E-state index contributed by atoms with van der Waals surface area (Å²) < 4.78 is 51.9. The van der Waals surface area contributed by atoms with Crippen molar-refractivity contribution in [2.45, 2.75) is 32.0 Å². The molecular weight excluding hydrogens is 525 g/mol. The number of likely N-dealkylation sites (N-methyl/N-ethyl adjacent to an activating group) is 1. The number of carbonyl (C=O) groups excluding carboxylic acids is 2. The number of hydrogen-bond donors (Lipinski definition) is 2. The highest BCUT2D eigenvalue weighted by atomic mass is 19.4. The fraction of sp³-hybridized carbons (Fsp3) is 0.345. The zero-order valence-electron chi connectivity index (χ0n) is 22.3. The number of anilines is 1. The normalized spacial score (nSPS) is 14.9. The van der Waals surface area contributed by atoms with Gasteiger partial charge in [0.1, 0.15) is 30.4 Å². The average molecular weight is 557 g/mol. The summed E-state index contributed by atoms with van der Waals surface area (Å²) >= 11 is 0. The van der Waals surface area contributed by atoms with Crippen molar-refractivity contribution < 1.29 is 32.2 Å². The summed E-state index contributed by atoms with van der Waals surface area (Å²) in [5.74, 6) is -0.771. The number of hydrogen-bond acceptors (Lipinski definition) is 6. The van der Waals surface area contributed by atoms with Crippen molar-refractivity contribution in [1.82, 2.24) is 9.88 Å². The number of rotatable bonds is 10. The molecule has 0 radical (unpaired) electrons. The van der Waals surface area contributed by atoms with Crippen molar-refractivity contribution >= 4 is 17.5 Å². The molecule has 1 heterocycles. The number of aryl methyl sites for hydroxylation is 1. The number of primary amides is 1. The van der Waals surface area contributed by atoms with Crippen molar-refractivity contribution in [3.8, 4) is 11.5 Å². The first-order valence-corrected chi connectivity index (χ1v) is 12.8. The van der Waals surface area contributed by atoms with Crippen LogP contribution in [-0.2, 0) is 30.4 Å². The van der Waals surface area contributed by atoms with Gasteiger partial charge in [-0.3, -0.25) is 14.6 Å². The molecule has 2 aromatic carbocycles. The zero-order valence-corrected chi connectivity index (χ0v) is 22.3. The van der Waals surface area contributed by atoms with E-state index in [1.807, 2.05) is 37.2 Å². The van der Waals surface area contributed by atoms with Crippen LogP contribution in [0.4, 0.5) is 18.9 Å². The quantitative estimate of drug-likeness (QED) is 0.382. The maximum absolute atomic E-state index is 13.5. The molecule has 3 N–H and O–H groups in total. The third kappa shape index (κ3) is 7.72. The summed E-state index contributed by atoms with van der Waals surface area (Å²) in [6.45, 7) is 0.932. The number of pyridine rings is 1. The van der Waals surface area contributed by atoms with Crippen LogP contribution >= 0.6 is 0 Å². The van der Waals surface area contributed by atoms with Crippen LogP contribution < -0.4 is 20.5 Å². The monoisotopic (exact) mass is 556 g/mol. The number of nitrogens with zero attached hydrogens (tertiary/aromatic N) is 2. The van der Waals surface area contributed by atoms with E-state index in [1.54, 1.807) is 12.1 Å². The van der Waals surface area contributed by atoms with Gasteiger partial charge in [-0.2, -0.15) is 13.2 Å². The van der Waals surface area contributed by atoms with E-state index in [-0.39, 0.29) is 36.3 Å². The van der Waals surface area contributed by atoms with Crippen LogP contribution in [-0.4, -0.2) is 48.9 Å². The Bertz CT molecular complexity index is 1380. The average Bonchev–Trinajstić information content (AvgIpc) is 2.90. The summed E-state index contributed by atoms with van der Waals surface area (Å²) in [4.78, 5) is 30.2. The number of halogens is 3. The number of alkyl halides is 3. The lowest BCUT2D eigenvalue weighted by Crippen LogP contribution is -2.28. The molecule has 1 aromatic heterocycles. The predicted molar refractivity (Wildman–Crippen MR) is 143 cm³/mol. The second-order valence-electron chi connectivity index (χ2n) is 9.96. The Morgan fingerprint density at radius 1 is 1.05 bits per heavy atom. The number of nitrogens with two attached hydrogens (primary N) is 1. The molecule has 8 nitrogen and oxygen atoms in total. The predicted octanol–water partition coefficient (Wildman–Crippen LogP) is 4.46. The Morgan fingerprint density at radius 3 is 2.58 bits per heavy atom. The van der Waals surface area contributed by atoms with Gasteiger partial charge in [-0.25, -0.2) is 0 Å². The van der Waals surface area contributed by atoms with Gasteiger partial charge in [0.25, 0.3) is 5.91 Å². The third-order valence-electron chi connectivity index (χ3n) is 6.57. The molecule has 212 valence electrons. The van der Waals surface area contributed by atoms with Crippen molar-refractivity contribution in [2.75, 3.05) is 32.6 Å². The second-order valence-corrected chi connectivity index (χ2v) is 9.96. The van der Waals surface area contributed by atoms with Gasteiger partial charge in [0.2, 0.25) is 5.91 Å². The van der Waals surface area contributed by atoms with Gasteiger partial charge in [-0.15, -0.1) is 0 Å². The van der Waals surface area contributed by atoms with Gasteiger partial charge in [0.15, 0.2) is 0 Å². The lowest BCUT2D eigenvalue weighted by Gasteiger charge is -2.25. The molecule has 1 aliphatic carbocycles. The molecule has 0 spiro atoms. The van der Waals surface area contributed by atoms with E-state index < -0.39 is 23.6 Å². The fourth-order valence-corrected chi connectivity index (χ4v) is 4.42. The van der Waals surface area contributed by atoms with Gasteiger partial charge in [0, 0.05) is 30.4 Å². The van der Waals surface area contributed by atoms with E-state index >= 15 is 0 Å². The van der Waals surface area contributed by atoms with E-state index in [9.17, 15) is 22.8 Å². The van der Waals surface area contributed by atoms with E-state index in [0.717, 1.165) is 28.8 Å². The summed E-state index contributed by atoms with van der Waals surface area (Å²) in [6.07, 6.45) is -1.46. The van der Waals surface area contributed by atoms with Crippen molar-refractivity contribution in [2.24, 2.45) is 11.7 Å². The highest BCUT2D eigenvalue weighted by Gasteiger charge is 2.32. The lowest BCUT2D eigenvalue weighted by molar-refractivity contribution is -0.137. The minimum atomic E-state index is -4.59. The first-order valence-electron chi connectivity index (χ1n) is 12.8. The van der Waals surface area contributed by atoms with Crippen molar-refractivity contribution in [3.05, 3.63) is 82.7 Å². The third-order valence-corrected chi connectivity index (χ3v) is 6.57. The minimum absolute atomic E-state index is 0.0373. The molecular formula is C29H31F3N4O4. The lowest BCUT2D eigenvalue weighted by atomic mass is 9.83. The molecule has 0 saturated heterocycles. The van der Waals surface area contributed by atoms with Crippen LogP contribution in [0, 0.1) is 5.92 Å². The van der Waals surface area contributed by atoms with Gasteiger partial charge in [-0.1, -0.05) is 6.07 Å². The van der Waals surface area contributed by atoms with Crippen molar-refractivity contribution in [1.29, 1.82) is 0 Å². The molecule has 1 unspecified atom stereocenters. The SMILES string of the molecule is CN(C)CCOc1cc(NC(=O)C2CCc3ccc(OCc4ccnc(C(N)=O)c4)cc3C2)cc(C(F)(F)F)c1. The molecule has 1 aliphatic rings. The van der Waals surface area contributed by atoms with Crippen LogP contribution in [0.2, 0.25) is 0 Å². The molecule has 40 heavy (non-hydrogen) atoms. The van der Waals surface area contributed by atoms with Gasteiger partial charge >= 0.3 is 6.18 Å². The zero-order chi connectivity index (χ0) is 28.9. The van der Waals surface area contributed by atoms with Gasteiger partial charge in [0.05, 0.1) is 5.56 Å². The Kier molecular flexibility index (Phi) is 8.93. The molecule has 2 amide bonds. The summed E-state index contributed by atoms with van der Waals surface area (Å²) in [7, 11) is 3.67. The Balaban J connectivity index is 1.43. The van der Waals surface area contributed by atoms with Crippen LogP contribution in [0.25, 0.3) is 0 Å². The second kappa shape index (κ2) is 12.4. The molecule has 0 fully saturated rings. The van der Waals surface area contributed by atoms with Crippen LogP contribution in [0.5, 0.6) is 11.5 Å². The van der Waals surface area contributed by atoms with E-state index in [1.165, 1.54) is 12.3 Å². The number of amides is 2. The van der Waals surface area contributed by atoms with Crippen LogP contribution in [0.1, 0.15) is 39.2 Å². The van der Waals surface area contributed by atoms with Gasteiger partial charge in [-0.05, 0) is 86.4 Å². The highest BCUT2D eigenvalue weighted by molar-refractivity contribution is 5.93. The standard InChI is InChI=1S/C29H31F3N4O4/c1-36(2)9-10-39-25-15-22(29(30,31)32)14-23(16-25)35-28(38)20-4-3-19-5-6-24(13-21(19)12-20)40-17-18-7-8-34-26(11-18)27(33)37/h5-8,11,13-16,20H,3-4,9-10,12,17H2,1-2H3,(H2,33,37)(H,35,38). The summed E-state index contributed by atoms with van der Waals surface area (Å²) in [5.41, 5.74) is 7.33. The smallest absolute Gasteiger partial charge is 0.416 e. The Labute approximate surface area is 230 Å². The minimum Gasteiger partial charge on any atom is -0.492 e. The van der Waals surface area contributed by atoms with E-state index in [2.05, 4.69) is 10.3 Å². The molecule has 11 heteroatoms. The van der Waals surface area contributed by atoms with E-state index in [4.69, 9.17) is 15.2 Å². The largest absolute Gasteiger partial charge is 0.492 e. The molecule has 0 saturated carbocycles. The number of fused-ring (bicyclic) bond motifs is 1. The van der Waals surface area contributed by atoms with Crippen molar-refractivity contribution in [3.63, 3.8) is 0 Å².